The molecule has 0 saturated carbocycles. The zero-order valence-electron chi connectivity index (χ0n) is 14.6. The number of aromatic nitrogens is 1. The van der Waals surface area contributed by atoms with E-state index >= 15 is 0 Å². The number of amides is 1. The van der Waals surface area contributed by atoms with Gasteiger partial charge in [-0.3, -0.25) is 4.79 Å². The Kier molecular flexibility index (Phi) is 4.75. The second kappa shape index (κ2) is 7.07. The quantitative estimate of drug-likeness (QED) is 0.572. The largest absolute Gasteiger partial charge is 0.465 e. The number of aryl methyl sites for hydroxylation is 1. The van der Waals surface area contributed by atoms with E-state index in [1.165, 1.54) is 29.8 Å². The number of fused-ring (bicyclic) bond motifs is 1. The molecule has 1 aliphatic heterocycles. The number of carbonyl (C=O) groups is 2. The summed E-state index contributed by atoms with van der Waals surface area (Å²) in [5.41, 5.74) is 3.01. The number of carbonyl (C=O) groups excluding carboxylic acids is 2. The third-order valence-corrected chi connectivity index (χ3v) is 6.96. The van der Waals surface area contributed by atoms with Gasteiger partial charge in [0.15, 0.2) is 0 Å². The zero-order chi connectivity index (χ0) is 19.1. The summed E-state index contributed by atoms with van der Waals surface area (Å²) in [7, 11) is 1.36. The molecule has 0 unspecified atom stereocenters. The minimum atomic E-state index is -0.375. The number of nitrogens with zero attached hydrogens (tertiary/aromatic N) is 2. The van der Waals surface area contributed by atoms with Crippen LogP contribution in [-0.4, -0.2) is 30.5 Å². The highest BCUT2D eigenvalue weighted by Crippen LogP contribution is 2.37. The van der Waals surface area contributed by atoms with Crippen LogP contribution in [0.25, 0.3) is 9.88 Å². The first-order chi connectivity index (χ1) is 13.0. The average Bonchev–Trinajstić information content (AvgIpc) is 3.37. The first-order valence-corrected chi connectivity index (χ1v) is 10.2. The Morgan fingerprint density at radius 1 is 1.22 bits per heavy atom. The van der Waals surface area contributed by atoms with Crippen molar-refractivity contribution >= 4 is 51.8 Å². The molecule has 1 aromatic carbocycles. The molecule has 3 aromatic rings. The number of thiazole rings is 1. The van der Waals surface area contributed by atoms with Crippen LogP contribution >= 0.6 is 34.3 Å². The summed E-state index contributed by atoms with van der Waals surface area (Å²) >= 11 is 8.84. The monoisotopic (exact) mass is 418 g/mol. The molecule has 0 saturated heterocycles. The smallest absolute Gasteiger partial charge is 0.337 e. The Morgan fingerprint density at radius 3 is 2.74 bits per heavy atom. The van der Waals surface area contributed by atoms with Gasteiger partial charge in [0.25, 0.3) is 5.91 Å². The Morgan fingerprint density at radius 2 is 2.04 bits per heavy atom. The van der Waals surface area contributed by atoms with Crippen molar-refractivity contribution in [3.8, 4) is 9.88 Å². The van der Waals surface area contributed by atoms with Crippen LogP contribution in [0.3, 0.4) is 0 Å². The summed E-state index contributed by atoms with van der Waals surface area (Å²) in [4.78, 5) is 32.7. The van der Waals surface area contributed by atoms with Crippen LogP contribution < -0.4 is 4.90 Å². The van der Waals surface area contributed by atoms with Crippen molar-refractivity contribution in [1.29, 1.82) is 0 Å². The number of halogens is 1. The molecule has 1 aliphatic rings. The van der Waals surface area contributed by atoms with Crippen molar-refractivity contribution in [3.63, 3.8) is 0 Å². The lowest BCUT2D eigenvalue weighted by molar-refractivity contribution is 0.0600. The molecule has 3 heterocycles. The van der Waals surface area contributed by atoms with E-state index in [9.17, 15) is 9.59 Å². The van der Waals surface area contributed by atoms with Gasteiger partial charge in [0, 0.05) is 12.2 Å². The number of hydrogen-bond acceptors (Lipinski definition) is 6. The molecule has 0 bridgehead atoms. The van der Waals surface area contributed by atoms with Gasteiger partial charge in [-0.25, -0.2) is 9.78 Å². The SMILES string of the molecule is COC(=O)c1ccc2c(c1)CCN2C(=O)c1sc(-c2ccc(Cl)s2)nc1C. The van der Waals surface area contributed by atoms with E-state index in [0.29, 0.717) is 33.4 Å². The van der Waals surface area contributed by atoms with Crippen LogP contribution in [0.5, 0.6) is 0 Å². The maximum absolute atomic E-state index is 13.1. The molecule has 1 amide bonds. The van der Waals surface area contributed by atoms with Gasteiger partial charge < -0.3 is 9.64 Å². The van der Waals surface area contributed by atoms with Crippen LogP contribution in [0.15, 0.2) is 30.3 Å². The highest BCUT2D eigenvalue weighted by molar-refractivity contribution is 7.24. The van der Waals surface area contributed by atoms with Crippen LogP contribution in [-0.2, 0) is 11.2 Å². The topological polar surface area (TPSA) is 59.5 Å². The van der Waals surface area contributed by atoms with Crippen molar-refractivity contribution < 1.29 is 14.3 Å². The van der Waals surface area contributed by atoms with Crippen LogP contribution in [0, 0.1) is 6.92 Å². The summed E-state index contributed by atoms with van der Waals surface area (Å²) < 4.78 is 5.46. The van der Waals surface area contributed by atoms with Gasteiger partial charge in [-0.2, -0.15) is 0 Å². The fourth-order valence-corrected chi connectivity index (χ4v) is 5.22. The Bertz CT molecular complexity index is 1060. The number of anilines is 1. The Hall–Kier alpha value is -2.22. The molecule has 0 atom stereocenters. The molecule has 0 aliphatic carbocycles. The fraction of sp³-hybridized carbons (Fsp3) is 0.211. The number of rotatable bonds is 3. The predicted octanol–water partition coefficient (Wildman–Crippen LogP) is 4.82. The average molecular weight is 419 g/mol. The Labute approximate surface area is 169 Å². The zero-order valence-corrected chi connectivity index (χ0v) is 17.0. The highest BCUT2D eigenvalue weighted by Gasteiger charge is 2.29. The fourth-order valence-electron chi connectivity index (χ4n) is 3.11. The predicted molar refractivity (Wildman–Crippen MR) is 108 cm³/mol. The minimum Gasteiger partial charge on any atom is -0.465 e. The van der Waals surface area contributed by atoms with E-state index in [2.05, 4.69) is 4.98 Å². The van der Waals surface area contributed by atoms with Crippen LogP contribution in [0.4, 0.5) is 5.69 Å². The molecule has 5 nitrogen and oxygen atoms in total. The Balaban J connectivity index is 1.64. The molecule has 8 heteroatoms. The van der Waals surface area contributed by atoms with Crippen molar-refractivity contribution in [2.24, 2.45) is 0 Å². The minimum absolute atomic E-state index is 0.0662. The summed E-state index contributed by atoms with van der Waals surface area (Å²) in [6.07, 6.45) is 0.706. The number of esters is 1. The lowest BCUT2D eigenvalue weighted by Gasteiger charge is -2.16. The van der Waals surface area contributed by atoms with E-state index in [0.717, 1.165) is 21.1 Å². The van der Waals surface area contributed by atoms with E-state index in [4.69, 9.17) is 16.3 Å². The maximum atomic E-state index is 13.1. The van der Waals surface area contributed by atoms with Gasteiger partial charge in [-0.1, -0.05) is 11.6 Å². The summed E-state index contributed by atoms with van der Waals surface area (Å²) in [5.74, 6) is -0.441. The van der Waals surface area contributed by atoms with Gasteiger partial charge in [0.2, 0.25) is 0 Å². The van der Waals surface area contributed by atoms with Crippen molar-refractivity contribution in [3.05, 3.63) is 56.4 Å². The first-order valence-electron chi connectivity index (χ1n) is 8.24. The van der Waals surface area contributed by atoms with E-state index in [-0.39, 0.29) is 11.9 Å². The summed E-state index contributed by atoms with van der Waals surface area (Å²) in [6, 6.07) is 9.04. The van der Waals surface area contributed by atoms with Gasteiger partial charge in [0.05, 0.1) is 27.6 Å². The van der Waals surface area contributed by atoms with E-state index in [1.54, 1.807) is 17.0 Å². The van der Waals surface area contributed by atoms with Crippen LogP contribution in [0.2, 0.25) is 4.34 Å². The molecule has 138 valence electrons. The first kappa shape index (κ1) is 18.2. The molecule has 0 fully saturated rings. The van der Waals surface area contributed by atoms with Crippen molar-refractivity contribution in [1.82, 2.24) is 4.98 Å². The number of benzene rings is 1. The van der Waals surface area contributed by atoms with Gasteiger partial charge in [-0.05, 0) is 49.2 Å². The van der Waals surface area contributed by atoms with Gasteiger partial charge >= 0.3 is 5.97 Å². The van der Waals surface area contributed by atoms with Crippen molar-refractivity contribution in [2.75, 3.05) is 18.6 Å². The number of thiophene rings is 1. The molecular formula is C19H15ClN2O3S2. The molecule has 27 heavy (non-hydrogen) atoms. The molecule has 0 spiro atoms. The second-order valence-corrected chi connectivity index (χ2v) is 8.79. The lowest BCUT2D eigenvalue weighted by Crippen LogP contribution is -2.28. The molecule has 0 radical (unpaired) electrons. The van der Waals surface area contributed by atoms with E-state index in [1.807, 2.05) is 25.1 Å². The highest BCUT2D eigenvalue weighted by atomic mass is 35.5. The molecular weight excluding hydrogens is 404 g/mol. The second-order valence-electron chi connectivity index (χ2n) is 6.08. The van der Waals surface area contributed by atoms with Gasteiger partial charge in [0.1, 0.15) is 9.88 Å². The summed E-state index contributed by atoms with van der Waals surface area (Å²) in [6.45, 7) is 2.43. The van der Waals surface area contributed by atoms with Crippen LogP contribution in [0.1, 0.15) is 31.3 Å². The normalized spacial score (nSPS) is 12.9. The molecule has 4 rings (SSSR count). The van der Waals surface area contributed by atoms with Gasteiger partial charge in [-0.15, -0.1) is 22.7 Å². The third-order valence-electron chi connectivity index (χ3n) is 4.42. The third kappa shape index (κ3) is 3.26. The standard InChI is InChI=1S/C19H15ClN2O3S2/c1-10-16(27-17(21-10)14-5-6-15(20)26-14)18(23)22-8-7-11-9-12(19(24)25-2)3-4-13(11)22/h3-6,9H,7-8H2,1-2H3. The number of methoxy groups -OCH3 is 1. The number of ether oxygens (including phenoxy) is 1. The molecule has 0 N–H and O–H groups in total. The van der Waals surface area contributed by atoms with E-state index < -0.39 is 0 Å². The summed E-state index contributed by atoms with van der Waals surface area (Å²) in [5, 5.41) is 0.799. The maximum Gasteiger partial charge on any atom is 0.337 e. The number of hydrogen-bond donors (Lipinski definition) is 0. The molecule has 2 aromatic heterocycles. The lowest BCUT2D eigenvalue weighted by atomic mass is 10.1. The van der Waals surface area contributed by atoms with Crippen molar-refractivity contribution in [2.45, 2.75) is 13.3 Å².